The molecular formula is C11H18O2S. The number of carbonyl (C=O) groups excluding carboxylic acids is 1. The van der Waals surface area contributed by atoms with Gasteiger partial charge in [-0.2, -0.15) is 0 Å². The molecule has 1 aliphatic heterocycles. The fraction of sp³-hybridized carbons (Fsp3) is 0.909. The fourth-order valence-corrected chi connectivity index (χ4v) is 3.15. The highest BCUT2D eigenvalue weighted by atomic mass is 32.2. The van der Waals surface area contributed by atoms with E-state index < -0.39 is 0 Å². The number of epoxide rings is 1. The van der Waals surface area contributed by atoms with Gasteiger partial charge in [0.05, 0.1) is 0 Å². The first-order chi connectivity index (χ1) is 6.43. The summed E-state index contributed by atoms with van der Waals surface area (Å²) in [5.74, 6) is 0. The van der Waals surface area contributed by atoms with Crippen LogP contribution in [-0.4, -0.2) is 21.6 Å². The van der Waals surface area contributed by atoms with E-state index >= 15 is 0 Å². The SMILES string of the molecule is CC(C)(C)SC(=O)C1OC12CCCC2. The largest absolute Gasteiger partial charge is 0.357 e. The van der Waals surface area contributed by atoms with Crippen molar-refractivity contribution in [3.05, 3.63) is 0 Å². The molecule has 1 heterocycles. The summed E-state index contributed by atoms with van der Waals surface area (Å²) >= 11 is 1.42. The molecule has 0 aromatic heterocycles. The highest BCUT2D eigenvalue weighted by Crippen LogP contribution is 2.52. The Labute approximate surface area is 89.8 Å². The van der Waals surface area contributed by atoms with Crippen LogP contribution in [0.15, 0.2) is 0 Å². The van der Waals surface area contributed by atoms with Gasteiger partial charge in [-0.1, -0.05) is 45.4 Å². The first-order valence-electron chi connectivity index (χ1n) is 5.34. The lowest BCUT2D eigenvalue weighted by Crippen LogP contribution is -2.20. The molecule has 1 saturated carbocycles. The number of carbonyl (C=O) groups is 1. The molecule has 0 aromatic carbocycles. The van der Waals surface area contributed by atoms with Crippen LogP contribution in [0.3, 0.4) is 0 Å². The zero-order chi connectivity index (χ0) is 10.4. The minimum atomic E-state index is -0.0887. The second kappa shape index (κ2) is 3.24. The maximum absolute atomic E-state index is 11.8. The third kappa shape index (κ3) is 1.98. The van der Waals surface area contributed by atoms with Gasteiger partial charge in [0, 0.05) is 4.75 Å². The molecule has 0 aromatic rings. The van der Waals surface area contributed by atoms with Crippen molar-refractivity contribution < 1.29 is 9.53 Å². The third-order valence-corrected chi connectivity index (χ3v) is 3.87. The van der Waals surface area contributed by atoms with Gasteiger partial charge in [-0.15, -0.1) is 0 Å². The Morgan fingerprint density at radius 3 is 2.43 bits per heavy atom. The summed E-state index contributed by atoms with van der Waals surface area (Å²) in [6.45, 7) is 6.21. The first-order valence-corrected chi connectivity index (χ1v) is 6.15. The monoisotopic (exact) mass is 214 g/mol. The van der Waals surface area contributed by atoms with Crippen LogP contribution in [0.5, 0.6) is 0 Å². The third-order valence-electron chi connectivity index (χ3n) is 2.84. The quantitative estimate of drug-likeness (QED) is 0.629. The van der Waals surface area contributed by atoms with Gasteiger partial charge in [-0.25, -0.2) is 0 Å². The summed E-state index contributed by atoms with van der Waals surface area (Å²) in [6, 6.07) is 0. The highest BCUT2D eigenvalue weighted by Gasteiger charge is 2.61. The standard InChI is InChI=1S/C11H18O2S/c1-10(2,3)14-9(12)8-11(13-8)6-4-5-7-11/h8H,4-7H2,1-3H3. The summed E-state index contributed by atoms with van der Waals surface area (Å²) in [5, 5.41) is 0.236. The van der Waals surface area contributed by atoms with Crippen LogP contribution in [0, 0.1) is 0 Å². The Kier molecular flexibility index (Phi) is 2.43. The molecule has 2 aliphatic rings. The van der Waals surface area contributed by atoms with E-state index in [0.717, 1.165) is 12.8 Å². The van der Waals surface area contributed by atoms with Crippen molar-refractivity contribution in [3.63, 3.8) is 0 Å². The Hall–Kier alpha value is -0.0200. The molecular weight excluding hydrogens is 196 g/mol. The Balaban J connectivity index is 1.90. The summed E-state index contributed by atoms with van der Waals surface area (Å²) < 4.78 is 5.62. The second-order valence-corrected chi connectivity index (χ2v) is 7.13. The van der Waals surface area contributed by atoms with Crippen LogP contribution in [0.2, 0.25) is 0 Å². The van der Waals surface area contributed by atoms with Crippen molar-refractivity contribution in [1.29, 1.82) is 0 Å². The number of ether oxygens (including phenoxy) is 1. The van der Waals surface area contributed by atoms with E-state index in [1.807, 2.05) is 0 Å². The van der Waals surface area contributed by atoms with Gasteiger partial charge in [-0.05, 0) is 12.8 Å². The summed E-state index contributed by atoms with van der Waals surface area (Å²) in [4.78, 5) is 11.8. The molecule has 2 rings (SSSR count). The molecule has 1 spiro atoms. The number of hydrogen-bond acceptors (Lipinski definition) is 3. The maximum Gasteiger partial charge on any atom is 0.221 e. The predicted octanol–water partition coefficient (Wildman–Crippen LogP) is 2.76. The van der Waals surface area contributed by atoms with Crippen LogP contribution >= 0.6 is 11.8 Å². The summed E-state index contributed by atoms with van der Waals surface area (Å²) in [7, 11) is 0. The molecule has 80 valence electrons. The molecule has 3 heteroatoms. The van der Waals surface area contributed by atoms with Gasteiger partial charge < -0.3 is 4.74 Å². The van der Waals surface area contributed by atoms with Crippen molar-refractivity contribution in [2.24, 2.45) is 0 Å². The van der Waals surface area contributed by atoms with Crippen molar-refractivity contribution in [1.82, 2.24) is 0 Å². The zero-order valence-corrected chi connectivity index (χ0v) is 9.95. The average Bonchev–Trinajstić information content (AvgIpc) is 2.47. The van der Waals surface area contributed by atoms with E-state index in [-0.39, 0.29) is 21.6 Å². The van der Waals surface area contributed by atoms with Crippen LogP contribution in [0.4, 0.5) is 0 Å². The van der Waals surface area contributed by atoms with Gasteiger partial charge in [0.2, 0.25) is 5.12 Å². The lowest BCUT2D eigenvalue weighted by molar-refractivity contribution is -0.112. The van der Waals surface area contributed by atoms with Gasteiger partial charge in [-0.3, -0.25) is 4.79 Å². The van der Waals surface area contributed by atoms with Crippen molar-refractivity contribution in [2.75, 3.05) is 0 Å². The molecule has 0 bridgehead atoms. The number of thioether (sulfide) groups is 1. The van der Waals surface area contributed by atoms with Crippen LogP contribution in [0.25, 0.3) is 0 Å². The maximum atomic E-state index is 11.8. The lowest BCUT2D eigenvalue weighted by Gasteiger charge is -2.15. The first kappa shape index (κ1) is 10.5. The van der Waals surface area contributed by atoms with Gasteiger partial charge in [0.15, 0.2) is 6.10 Å². The van der Waals surface area contributed by atoms with E-state index in [9.17, 15) is 4.79 Å². The second-order valence-electron chi connectivity index (χ2n) is 5.30. The molecule has 1 saturated heterocycles. The van der Waals surface area contributed by atoms with E-state index in [1.54, 1.807) is 0 Å². The van der Waals surface area contributed by atoms with Crippen LogP contribution in [0.1, 0.15) is 46.5 Å². The van der Waals surface area contributed by atoms with Gasteiger partial charge in [0.1, 0.15) is 5.60 Å². The summed E-state index contributed by atoms with van der Waals surface area (Å²) in [5.41, 5.74) is -0.0185. The molecule has 14 heavy (non-hydrogen) atoms. The van der Waals surface area contributed by atoms with Crippen molar-refractivity contribution in [3.8, 4) is 0 Å². The number of rotatable bonds is 1. The molecule has 2 fully saturated rings. The molecule has 1 atom stereocenters. The van der Waals surface area contributed by atoms with Crippen LogP contribution in [-0.2, 0) is 9.53 Å². The highest BCUT2D eigenvalue weighted by molar-refractivity contribution is 8.14. The van der Waals surface area contributed by atoms with Crippen molar-refractivity contribution >= 4 is 16.9 Å². The topological polar surface area (TPSA) is 29.6 Å². The van der Waals surface area contributed by atoms with E-state index in [2.05, 4.69) is 20.8 Å². The predicted molar refractivity (Wildman–Crippen MR) is 58.4 cm³/mol. The van der Waals surface area contributed by atoms with Crippen molar-refractivity contribution in [2.45, 2.75) is 62.9 Å². The molecule has 1 aliphatic carbocycles. The molecule has 0 amide bonds. The number of hydrogen-bond donors (Lipinski definition) is 0. The van der Waals surface area contributed by atoms with E-state index in [0.29, 0.717) is 0 Å². The van der Waals surface area contributed by atoms with E-state index in [4.69, 9.17) is 4.74 Å². The molecule has 1 unspecified atom stereocenters. The lowest BCUT2D eigenvalue weighted by atomic mass is 10.1. The normalized spacial score (nSPS) is 29.5. The summed E-state index contributed by atoms with van der Waals surface area (Å²) in [6.07, 6.45) is 4.55. The zero-order valence-electron chi connectivity index (χ0n) is 9.13. The van der Waals surface area contributed by atoms with E-state index in [1.165, 1.54) is 24.6 Å². The van der Waals surface area contributed by atoms with Gasteiger partial charge in [0.25, 0.3) is 0 Å². The molecule has 0 radical (unpaired) electrons. The average molecular weight is 214 g/mol. The minimum absolute atomic E-state index is 0.0167. The van der Waals surface area contributed by atoms with Crippen LogP contribution < -0.4 is 0 Å². The van der Waals surface area contributed by atoms with Gasteiger partial charge >= 0.3 is 0 Å². The molecule has 0 N–H and O–H groups in total. The Bertz CT molecular complexity index is 249. The fourth-order valence-electron chi connectivity index (χ4n) is 2.17. The molecule has 2 nitrogen and oxygen atoms in total. The minimum Gasteiger partial charge on any atom is -0.357 e. The Morgan fingerprint density at radius 1 is 1.36 bits per heavy atom. The smallest absolute Gasteiger partial charge is 0.221 e. The Morgan fingerprint density at radius 2 is 1.93 bits per heavy atom.